The molecule has 130 valence electrons. The molecule has 4 heteroatoms. The molecule has 4 nitrogen and oxygen atoms in total. The zero-order chi connectivity index (χ0) is 17.6. The molecule has 0 saturated carbocycles. The van der Waals surface area contributed by atoms with Crippen LogP contribution in [0.15, 0.2) is 48.5 Å². The van der Waals surface area contributed by atoms with E-state index in [2.05, 4.69) is 17.4 Å². The maximum atomic E-state index is 12.5. The van der Waals surface area contributed by atoms with Gasteiger partial charge in [-0.05, 0) is 42.5 Å². The van der Waals surface area contributed by atoms with E-state index >= 15 is 0 Å². The molecule has 1 heterocycles. The summed E-state index contributed by atoms with van der Waals surface area (Å²) in [5.74, 6) is 0.0647. The Hall–Kier alpha value is -2.62. The van der Waals surface area contributed by atoms with Crippen molar-refractivity contribution in [2.45, 2.75) is 32.6 Å². The zero-order valence-corrected chi connectivity index (χ0v) is 14.6. The summed E-state index contributed by atoms with van der Waals surface area (Å²) in [6.45, 7) is 3.18. The molecule has 0 atom stereocenters. The normalized spacial score (nSPS) is 12.8. The van der Waals surface area contributed by atoms with Gasteiger partial charge in [-0.2, -0.15) is 0 Å². The highest BCUT2D eigenvalue weighted by Crippen LogP contribution is 2.31. The molecule has 25 heavy (non-hydrogen) atoms. The Morgan fingerprint density at radius 1 is 1.08 bits per heavy atom. The first-order chi connectivity index (χ1) is 12.2. The molecule has 2 aromatic rings. The lowest BCUT2D eigenvalue weighted by Gasteiger charge is -2.16. The van der Waals surface area contributed by atoms with Crippen LogP contribution < -0.4 is 10.2 Å². The predicted molar refractivity (Wildman–Crippen MR) is 99.9 cm³/mol. The number of aryl methyl sites for hydroxylation is 1. The van der Waals surface area contributed by atoms with Gasteiger partial charge in [0.15, 0.2) is 0 Å². The number of nitrogens with one attached hydrogen (secondary N) is 1. The van der Waals surface area contributed by atoms with E-state index < -0.39 is 0 Å². The summed E-state index contributed by atoms with van der Waals surface area (Å²) < 4.78 is 0. The van der Waals surface area contributed by atoms with Crippen LogP contribution in [0, 0.1) is 0 Å². The van der Waals surface area contributed by atoms with Crippen LogP contribution in [0.4, 0.5) is 5.69 Å². The fourth-order valence-electron chi connectivity index (χ4n) is 3.33. The number of nitrogens with zero attached hydrogens (tertiary/aromatic N) is 1. The number of rotatable bonds is 6. The standard InChI is InChI=1S/C21H24N2O2/c1-2-20(24)23-15-13-17-18(11-6-12-19(17)23)21(25)22-14-7-10-16-8-4-3-5-9-16/h3-6,8-9,11-12H,2,7,10,13-15H2,1H3,(H,22,25). The van der Waals surface area contributed by atoms with Gasteiger partial charge in [-0.25, -0.2) is 0 Å². The number of carbonyl (C=O) groups is 2. The van der Waals surface area contributed by atoms with Crippen molar-refractivity contribution in [3.63, 3.8) is 0 Å². The number of hydrogen-bond acceptors (Lipinski definition) is 2. The quantitative estimate of drug-likeness (QED) is 0.823. The van der Waals surface area contributed by atoms with Gasteiger partial charge in [0, 0.05) is 30.8 Å². The molecule has 0 aromatic heterocycles. The number of amides is 2. The van der Waals surface area contributed by atoms with Crippen LogP contribution in [-0.4, -0.2) is 24.9 Å². The summed E-state index contributed by atoms with van der Waals surface area (Å²) >= 11 is 0. The van der Waals surface area contributed by atoms with Crippen molar-refractivity contribution in [2.24, 2.45) is 0 Å². The van der Waals surface area contributed by atoms with Crippen LogP contribution in [0.3, 0.4) is 0 Å². The van der Waals surface area contributed by atoms with E-state index in [9.17, 15) is 9.59 Å². The lowest BCUT2D eigenvalue weighted by molar-refractivity contribution is -0.118. The summed E-state index contributed by atoms with van der Waals surface area (Å²) in [7, 11) is 0. The van der Waals surface area contributed by atoms with E-state index in [4.69, 9.17) is 0 Å². The first-order valence-electron chi connectivity index (χ1n) is 8.95. The smallest absolute Gasteiger partial charge is 0.251 e. The number of anilines is 1. The maximum absolute atomic E-state index is 12.5. The van der Waals surface area contributed by atoms with Crippen molar-refractivity contribution < 1.29 is 9.59 Å². The molecule has 3 rings (SSSR count). The van der Waals surface area contributed by atoms with Crippen molar-refractivity contribution in [1.82, 2.24) is 5.32 Å². The molecule has 0 spiro atoms. The molecule has 0 aliphatic carbocycles. The summed E-state index contributed by atoms with van der Waals surface area (Å²) in [6.07, 6.45) is 3.09. The molecule has 2 aromatic carbocycles. The zero-order valence-electron chi connectivity index (χ0n) is 14.6. The van der Waals surface area contributed by atoms with Crippen molar-refractivity contribution in [2.75, 3.05) is 18.0 Å². The second-order valence-electron chi connectivity index (χ2n) is 6.30. The Bertz CT molecular complexity index is 756. The molecule has 0 bridgehead atoms. The molecule has 0 saturated heterocycles. The van der Waals surface area contributed by atoms with Gasteiger partial charge in [0.05, 0.1) is 0 Å². The van der Waals surface area contributed by atoms with E-state index in [1.165, 1.54) is 5.56 Å². The van der Waals surface area contributed by atoms with E-state index in [-0.39, 0.29) is 11.8 Å². The average molecular weight is 336 g/mol. The van der Waals surface area contributed by atoms with Crippen LogP contribution >= 0.6 is 0 Å². The number of hydrogen-bond donors (Lipinski definition) is 1. The van der Waals surface area contributed by atoms with Crippen LogP contribution in [0.1, 0.15) is 41.3 Å². The maximum Gasteiger partial charge on any atom is 0.251 e. The van der Waals surface area contributed by atoms with E-state index in [0.29, 0.717) is 25.1 Å². The van der Waals surface area contributed by atoms with Crippen molar-refractivity contribution in [3.05, 3.63) is 65.2 Å². The minimum absolute atomic E-state index is 0.0456. The Labute approximate surface area is 148 Å². The largest absolute Gasteiger partial charge is 0.352 e. The molecule has 1 aliphatic heterocycles. The van der Waals surface area contributed by atoms with Crippen molar-refractivity contribution in [1.29, 1.82) is 0 Å². The molecule has 0 radical (unpaired) electrons. The first kappa shape index (κ1) is 17.2. The van der Waals surface area contributed by atoms with Gasteiger partial charge in [-0.3, -0.25) is 9.59 Å². The lowest BCUT2D eigenvalue weighted by atomic mass is 10.0. The molecule has 1 N–H and O–H groups in total. The van der Waals surface area contributed by atoms with E-state index in [1.54, 1.807) is 4.90 Å². The fourth-order valence-corrected chi connectivity index (χ4v) is 3.33. The van der Waals surface area contributed by atoms with Gasteiger partial charge in [0.1, 0.15) is 0 Å². The Kier molecular flexibility index (Phi) is 5.49. The third-order valence-electron chi connectivity index (χ3n) is 4.65. The average Bonchev–Trinajstić information content (AvgIpc) is 3.09. The highest BCUT2D eigenvalue weighted by molar-refractivity contribution is 6.01. The SMILES string of the molecule is CCC(=O)N1CCc2c(C(=O)NCCCc3ccccc3)cccc21. The molecule has 0 unspecified atom stereocenters. The Morgan fingerprint density at radius 2 is 1.88 bits per heavy atom. The minimum Gasteiger partial charge on any atom is -0.352 e. The fraction of sp³-hybridized carbons (Fsp3) is 0.333. The number of benzene rings is 2. The molecule has 2 amide bonds. The van der Waals surface area contributed by atoms with Crippen molar-refractivity contribution >= 4 is 17.5 Å². The monoisotopic (exact) mass is 336 g/mol. The van der Waals surface area contributed by atoms with Gasteiger partial charge < -0.3 is 10.2 Å². The third kappa shape index (κ3) is 3.90. The van der Waals surface area contributed by atoms with Crippen LogP contribution in [0.2, 0.25) is 0 Å². The Balaban J connectivity index is 1.60. The topological polar surface area (TPSA) is 49.4 Å². The summed E-state index contributed by atoms with van der Waals surface area (Å²) in [5.41, 5.74) is 3.86. The minimum atomic E-state index is -0.0456. The number of fused-ring (bicyclic) bond motifs is 1. The molecule has 1 aliphatic rings. The van der Waals surface area contributed by atoms with E-state index in [0.717, 1.165) is 30.5 Å². The van der Waals surface area contributed by atoms with Gasteiger partial charge >= 0.3 is 0 Å². The van der Waals surface area contributed by atoms with Crippen LogP contribution in [-0.2, 0) is 17.6 Å². The van der Waals surface area contributed by atoms with Gasteiger partial charge in [0.25, 0.3) is 5.91 Å². The summed E-state index contributed by atoms with van der Waals surface area (Å²) in [4.78, 5) is 26.4. The molecular weight excluding hydrogens is 312 g/mol. The van der Waals surface area contributed by atoms with Gasteiger partial charge in [0.2, 0.25) is 5.91 Å². The molecule has 0 fully saturated rings. The van der Waals surface area contributed by atoms with Crippen LogP contribution in [0.5, 0.6) is 0 Å². The predicted octanol–water partition coefficient (Wildman–Crippen LogP) is 3.35. The first-order valence-corrected chi connectivity index (χ1v) is 8.95. The Morgan fingerprint density at radius 3 is 2.64 bits per heavy atom. The second-order valence-corrected chi connectivity index (χ2v) is 6.30. The number of carbonyl (C=O) groups excluding carboxylic acids is 2. The lowest BCUT2D eigenvalue weighted by Crippen LogP contribution is -2.28. The van der Waals surface area contributed by atoms with Crippen LogP contribution in [0.25, 0.3) is 0 Å². The highest BCUT2D eigenvalue weighted by atomic mass is 16.2. The van der Waals surface area contributed by atoms with E-state index in [1.807, 2.05) is 43.3 Å². The molecular formula is C21H24N2O2. The summed E-state index contributed by atoms with van der Waals surface area (Å²) in [6, 6.07) is 15.9. The van der Waals surface area contributed by atoms with Crippen molar-refractivity contribution in [3.8, 4) is 0 Å². The third-order valence-corrected chi connectivity index (χ3v) is 4.65. The summed E-state index contributed by atoms with van der Waals surface area (Å²) in [5, 5.41) is 3.01. The van der Waals surface area contributed by atoms with Gasteiger partial charge in [-0.15, -0.1) is 0 Å². The second kappa shape index (κ2) is 7.97. The van der Waals surface area contributed by atoms with Gasteiger partial charge in [-0.1, -0.05) is 43.3 Å². The highest BCUT2D eigenvalue weighted by Gasteiger charge is 2.27.